The summed E-state index contributed by atoms with van der Waals surface area (Å²) >= 11 is 0. The van der Waals surface area contributed by atoms with Gasteiger partial charge in [0, 0.05) is 92.8 Å². The van der Waals surface area contributed by atoms with E-state index in [0.717, 1.165) is 48.6 Å². The maximum atomic E-state index is 13.1. The molecule has 0 aromatic heterocycles. The number of amides is 2. The van der Waals surface area contributed by atoms with E-state index in [0.29, 0.717) is 39.1 Å². The molecule has 0 heterocycles. The number of nitrogens with zero attached hydrogens (tertiary/aromatic N) is 3. The zero-order valence-corrected chi connectivity index (χ0v) is 38.1. The van der Waals surface area contributed by atoms with Gasteiger partial charge in [-0.1, -0.05) is 19.3 Å². The van der Waals surface area contributed by atoms with Crippen LogP contribution in [0.25, 0.3) is 0 Å². The third-order valence-electron chi connectivity index (χ3n) is 9.48. The molecule has 1 atom stereocenters. The average Bonchev–Trinajstić information content (AvgIpc) is 3.21. The van der Waals surface area contributed by atoms with Crippen LogP contribution in [0.4, 0.5) is 0 Å². The molecule has 2 amide bonds. The fourth-order valence-corrected chi connectivity index (χ4v) is 6.13. The lowest BCUT2D eigenvalue weighted by Crippen LogP contribution is -2.51. The van der Waals surface area contributed by atoms with Gasteiger partial charge in [-0.3, -0.25) is 62.6 Å². The number of esters is 3. The van der Waals surface area contributed by atoms with Crippen LogP contribution in [0.15, 0.2) is 0 Å². The number of carboxylic acids is 5. The van der Waals surface area contributed by atoms with E-state index in [9.17, 15) is 73.5 Å². The molecular weight excluding hydrogens is 880 g/mol. The monoisotopic (exact) mass is 950 g/mol. The Bertz CT molecular complexity index is 1440. The van der Waals surface area contributed by atoms with E-state index in [1.54, 1.807) is 0 Å². The Morgan fingerprint density at radius 3 is 1.21 bits per heavy atom. The van der Waals surface area contributed by atoms with E-state index in [1.165, 1.54) is 25.7 Å². The maximum Gasteiger partial charge on any atom is 0.321 e. The zero-order valence-electron chi connectivity index (χ0n) is 38.1. The molecule has 0 saturated carbocycles. The van der Waals surface area contributed by atoms with Crippen molar-refractivity contribution in [1.29, 1.82) is 0 Å². The van der Waals surface area contributed by atoms with E-state index in [4.69, 9.17) is 14.2 Å². The molecule has 10 N–H and O–H groups in total. The molecule has 26 nitrogen and oxygen atoms in total. The minimum absolute atomic E-state index is 0.158. The molecule has 0 aliphatic carbocycles. The summed E-state index contributed by atoms with van der Waals surface area (Å²) in [5.74, 6) is -9.88. The number of hydrogen-bond donors (Lipinski definition) is 10. The van der Waals surface area contributed by atoms with Gasteiger partial charge in [0.25, 0.3) is 0 Å². The van der Waals surface area contributed by atoms with E-state index >= 15 is 0 Å². The number of unbranched alkanes of at least 4 members (excludes halogenated alkanes) is 4. The molecule has 1 unspecified atom stereocenters. The van der Waals surface area contributed by atoms with Crippen molar-refractivity contribution in [3.8, 4) is 0 Å². The minimum Gasteiger partial charge on any atom is -0.480 e. The van der Waals surface area contributed by atoms with Crippen LogP contribution in [0.5, 0.6) is 0 Å². The third kappa shape index (κ3) is 32.2. The van der Waals surface area contributed by atoms with Crippen molar-refractivity contribution in [3.63, 3.8) is 0 Å². The van der Waals surface area contributed by atoms with Gasteiger partial charge in [0.15, 0.2) is 5.41 Å². The van der Waals surface area contributed by atoms with Crippen molar-refractivity contribution in [2.75, 3.05) is 125 Å². The Hall–Kier alpha value is -5.54. The number of nitrogens with one attached hydrogen (secondary N) is 5. The van der Waals surface area contributed by atoms with E-state index in [2.05, 4.69) is 26.6 Å². The normalized spacial score (nSPS) is 11.8. The highest BCUT2D eigenvalue weighted by molar-refractivity contribution is 5.85. The molecule has 66 heavy (non-hydrogen) atoms. The van der Waals surface area contributed by atoms with Crippen LogP contribution >= 0.6 is 0 Å². The highest BCUT2D eigenvalue weighted by Gasteiger charge is 2.43. The van der Waals surface area contributed by atoms with Gasteiger partial charge in [-0.2, -0.15) is 0 Å². The molecular formula is C40H70N8O18. The second-order valence-corrected chi connectivity index (χ2v) is 15.3. The molecule has 0 aliphatic rings. The van der Waals surface area contributed by atoms with Crippen molar-refractivity contribution in [2.24, 2.45) is 5.41 Å². The summed E-state index contributed by atoms with van der Waals surface area (Å²) in [7, 11) is 0. The number of rotatable bonds is 42. The molecule has 0 aromatic carbocycles. The SMILES string of the molecule is CC(=O)OCC(COC(C)=O)(COC(C)=O)C(=O)NCCCCCCCNCCNCCNCCNC(=O)CC(C(=O)O)N(CCN(CC(=O)O)CC(=O)O)CCN(CC(=O)O)CC(=O)O. The number of carbonyl (C=O) groups is 10. The van der Waals surface area contributed by atoms with Crippen LogP contribution in [0, 0.1) is 5.41 Å². The smallest absolute Gasteiger partial charge is 0.321 e. The van der Waals surface area contributed by atoms with Gasteiger partial charge in [-0.15, -0.1) is 0 Å². The lowest BCUT2D eigenvalue weighted by molar-refractivity contribution is -0.165. The predicted molar refractivity (Wildman–Crippen MR) is 231 cm³/mol. The summed E-state index contributed by atoms with van der Waals surface area (Å²) in [5, 5.41) is 61.9. The van der Waals surface area contributed by atoms with Crippen LogP contribution < -0.4 is 26.6 Å². The zero-order chi connectivity index (χ0) is 49.9. The van der Waals surface area contributed by atoms with Crippen LogP contribution in [-0.4, -0.2) is 230 Å². The topological polar surface area (TPSA) is 369 Å². The highest BCUT2D eigenvalue weighted by atomic mass is 16.6. The molecule has 0 aliphatic heterocycles. The molecule has 378 valence electrons. The van der Waals surface area contributed by atoms with Crippen molar-refractivity contribution in [3.05, 3.63) is 0 Å². The summed E-state index contributed by atoms with van der Waals surface area (Å²) < 4.78 is 15.1. The quantitative estimate of drug-likeness (QED) is 0.0163. The fraction of sp³-hybridized carbons (Fsp3) is 0.750. The van der Waals surface area contributed by atoms with Gasteiger partial charge in [-0.05, 0) is 19.4 Å². The molecule has 0 radical (unpaired) electrons. The lowest BCUT2D eigenvalue weighted by Gasteiger charge is -2.32. The first kappa shape index (κ1) is 60.5. The molecule has 26 heteroatoms. The predicted octanol–water partition coefficient (Wildman–Crippen LogP) is -3.30. The van der Waals surface area contributed by atoms with Gasteiger partial charge in [0.2, 0.25) is 11.8 Å². The Balaban J connectivity index is 4.59. The van der Waals surface area contributed by atoms with Gasteiger partial charge >= 0.3 is 47.8 Å². The Morgan fingerprint density at radius 1 is 0.470 bits per heavy atom. The van der Waals surface area contributed by atoms with E-state index in [-0.39, 0.29) is 32.7 Å². The molecule has 0 rings (SSSR count). The van der Waals surface area contributed by atoms with Gasteiger partial charge < -0.3 is 66.3 Å². The van der Waals surface area contributed by atoms with Gasteiger partial charge in [0.05, 0.1) is 32.6 Å². The van der Waals surface area contributed by atoms with Crippen LogP contribution in [0.3, 0.4) is 0 Å². The van der Waals surface area contributed by atoms with Crippen LogP contribution in [-0.2, 0) is 62.2 Å². The first-order valence-electron chi connectivity index (χ1n) is 21.5. The van der Waals surface area contributed by atoms with Crippen molar-refractivity contribution < 1.29 is 87.7 Å². The summed E-state index contributed by atoms with van der Waals surface area (Å²) in [6, 6.07) is -1.49. The Labute approximate surface area is 383 Å². The standard InChI is InChI=1S/C40H70N8O18/c1-29(49)64-26-40(27-65-30(2)50,28-66-31(3)51)39(63)45-10-8-6-4-5-7-9-41-11-12-42-13-14-43-15-16-44-33(52)21-32(38(61)62)48(19-17-46(22-34(53)54)23-35(55)56)20-18-47(24-36(57)58)25-37(59)60/h32,41-43H,4-28H2,1-3H3,(H,44,52)(H,45,63)(H,53,54)(H,55,56)(H,57,58)(H,59,60)(H,61,62). The van der Waals surface area contributed by atoms with Crippen molar-refractivity contribution in [1.82, 2.24) is 41.3 Å². The average molecular weight is 951 g/mol. The summed E-state index contributed by atoms with van der Waals surface area (Å²) in [6.07, 6.45) is 3.79. The third-order valence-corrected chi connectivity index (χ3v) is 9.48. The molecule has 0 bridgehead atoms. The largest absolute Gasteiger partial charge is 0.480 e. The van der Waals surface area contributed by atoms with E-state index in [1.807, 2.05) is 0 Å². The summed E-state index contributed by atoms with van der Waals surface area (Å²) in [4.78, 5) is 121. The number of carboxylic acid groups (broad SMARTS) is 5. The van der Waals surface area contributed by atoms with Crippen LogP contribution in [0.1, 0.15) is 59.3 Å². The molecule has 0 spiro atoms. The molecule has 0 saturated heterocycles. The lowest BCUT2D eigenvalue weighted by atomic mass is 9.89. The van der Waals surface area contributed by atoms with Crippen molar-refractivity contribution >= 4 is 59.6 Å². The first-order chi connectivity index (χ1) is 31.2. The summed E-state index contributed by atoms with van der Waals surface area (Å²) in [5.41, 5.74) is -1.59. The maximum absolute atomic E-state index is 13.1. The number of ether oxygens (including phenoxy) is 3. The van der Waals surface area contributed by atoms with Crippen molar-refractivity contribution in [2.45, 2.75) is 65.3 Å². The van der Waals surface area contributed by atoms with Crippen LogP contribution in [0.2, 0.25) is 0 Å². The highest BCUT2D eigenvalue weighted by Crippen LogP contribution is 2.21. The van der Waals surface area contributed by atoms with Gasteiger partial charge in [-0.25, -0.2) is 0 Å². The van der Waals surface area contributed by atoms with E-state index < -0.39 is 123 Å². The minimum atomic E-state index is -1.59. The summed E-state index contributed by atoms with van der Waals surface area (Å²) in [6.45, 7) is 2.84. The number of hydrogen-bond acceptors (Lipinski definition) is 19. The Kier molecular flexibility index (Phi) is 32.7. The first-order valence-corrected chi connectivity index (χ1v) is 21.5. The van der Waals surface area contributed by atoms with Gasteiger partial charge in [0.1, 0.15) is 25.9 Å². The Morgan fingerprint density at radius 2 is 0.833 bits per heavy atom. The molecule has 0 fully saturated rings. The second-order valence-electron chi connectivity index (χ2n) is 15.3. The number of carbonyl (C=O) groups excluding carboxylic acids is 5. The fourth-order valence-electron chi connectivity index (χ4n) is 6.13. The molecule has 0 aromatic rings. The second kappa shape index (κ2) is 35.7. The number of aliphatic carboxylic acids is 5.